The van der Waals surface area contributed by atoms with Crippen molar-refractivity contribution in [3.8, 4) is 5.75 Å². The summed E-state index contributed by atoms with van der Waals surface area (Å²) in [7, 11) is 1.50. The van der Waals surface area contributed by atoms with Crippen LogP contribution < -0.4 is 10.1 Å². The molecule has 0 aromatic heterocycles. The fourth-order valence-corrected chi connectivity index (χ4v) is 5.08. The number of ether oxygens (including phenoxy) is 2. The SMILES string of the molecule is COc1ccc(F)cc1C(C)(C)CC(O)(CNc1ccc2c(c1)COC2=O)Cc1c(F)cccc1Cl. The largest absolute Gasteiger partial charge is 0.496 e. The molecule has 0 radical (unpaired) electrons. The highest BCUT2D eigenvalue weighted by Gasteiger charge is 2.38. The molecule has 0 aliphatic carbocycles. The van der Waals surface area contributed by atoms with Gasteiger partial charge in [0.15, 0.2) is 0 Å². The summed E-state index contributed by atoms with van der Waals surface area (Å²) in [4.78, 5) is 11.8. The van der Waals surface area contributed by atoms with Crippen molar-refractivity contribution >= 4 is 23.3 Å². The highest BCUT2D eigenvalue weighted by atomic mass is 35.5. The number of hydrogen-bond donors (Lipinski definition) is 2. The number of anilines is 1. The van der Waals surface area contributed by atoms with Crippen LogP contribution in [-0.4, -0.2) is 30.3 Å². The predicted octanol–water partition coefficient (Wildman–Crippen LogP) is 6.05. The lowest BCUT2D eigenvalue weighted by molar-refractivity contribution is 0.0246. The fourth-order valence-electron chi connectivity index (χ4n) is 4.85. The Morgan fingerprint density at radius 2 is 1.92 bits per heavy atom. The molecule has 5 nitrogen and oxygen atoms in total. The molecule has 1 unspecified atom stereocenters. The van der Waals surface area contributed by atoms with Gasteiger partial charge in [-0.05, 0) is 60.4 Å². The maximum atomic E-state index is 14.7. The predicted molar refractivity (Wildman–Crippen MR) is 135 cm³/mol. The normalized spacial score (nSPS) is 14.7. The lowest BCUT2D eigenvalue weighted by Crippen LogP contribution is -2.44. The van der Waals surface area contributed by atoms with Crippen molar-refractivity contribution in [1.82, 2.24) is 0 Å². The molecule has 2 N–H and O–H groups in total. The summed E-state index contributed by atoms with van der Waals surface area (Å²) in [6.07, 6.45) is 0.0448. The Morgan fingerprint density at radius 1 is 1.14 bits per heavy atom. The van der Waals surface area contributed by atoms with Crippen molar-refractivity contribution in [2.75, 3.05) is 19.0 Å². The van der Waals surface area contributed by atoms with E-state index in [-0.39, 0.29) is 42.5 Å². The summed E-state index contributed by atoms with van der Waals surface area (Å²) in [5.41, 5.74) is 0.433. The topological polar surface area (TPSA) is 67.8 Å². The lowest BCUT2D eigenvalue weighted by atomic mass is 9.73. The van der Waals surface area contributed by atoms with E-state index < -0.39 is 22.7 Å². The van der Waals surface area contributed by atoms with Crippen LogP contribution in [0.2, 0.25) is 5.02 Å². The summed E-state index contributed by atoms with van der Waals surface area (Å²) >= 11 is 6.30. The van der Waals surface area contributed by atoms with Crippen LogP contribution in [-0.2, 0) is 23.2 Å². The van der Waals surface area contributed by atoms with Crippen molar-refractivity contribution in [3.63, 3.8) is 0 Å². The van der Waals surface area contributed by atoms with E-state index in [0.29, 0.717) is 22.6 Å². The number of carbonyl (C=O) groups excluding carboxylic acids is 1. The molecule has 1 aliphatic heterocycles. The number of hydrogen-bond acceptors (Lipinski definition) is 5. The van der Waals surface area contributed by atoms with Crippen LogP contribution >= 0.6 is 11.6 Å². The van der Waals surface area contributed by atoms with E-state index in [1.165, 1.54) is 31.4 Å². The fraction of sp³-hybridized carbons (Fsp3) is 0.321. The smallest absolute Gasteiger partial charge is 0.338 e. The van der Waals surface area contributed by atoms with E-state index in [4.69, 9.17) is 21.1 Å². The molecule has 4 rings (SSSR count). The highest BCUT2D eigenvalue weighted by Crippen LogP contribution is 2.40. The Balaban J connectivity index is 1.66. The van der Waals surface area contributed by atoms with E-state index in [1.54, 1.807) is 30.3 Å². The van der Waals surface area contributed by atoms with Crippen LogP contribution in [0.3, 0.4) is 0 Å². The van der Waals surface area contributed by atoms with Gasteiger partial charge in [0, 0.05) is 40.4 Å². The Morgan fingerprint density at radius 3 is 2.64 bits per heavy atom. The first-order valence-corrected chi connectivity index (χ1v) is 11.9. The molecule has 1 aliphatic rings. The third kappa shape index (κ3) is 5.47. The number of benzene rings is 3. The summed E-state index contributed by atoms with van der Waals surface area (Å²) < 4.78 is 39.4. The number of nitrogens with one attached hydrogen (secondary N) is 1. The first-order chi connectivity index (χ1) is 17.0. The van der Waals surface area contributed by atoms with Gasteiger partial charge in [-0.1, -0.05) is 31.5 Å². The van der Waals surface area contributed by atoms with Crippen LogP contribution in [0.4, 0.5) is 14.5 Å². The molecule has 0 saturated heterocycles. The molecule has 3 aromatic carbocycles. The second kappa shape index (κ2) is 10.1. The maximum Gasteiger partial charge on any atom is 0.338 e. The van der Waals surface area contributed by atoms with Crippen LogP contribution in [0.1, 0.15) is 47.3 Å². The summed E-state index contributed by atoms with van der Waals surface area (Å²) in [6, 6.07) is 13.8. The van der Waals surface area contributed by atoms with E-state index in [2.05, 4.69) is 5.32 Å². The van der Waals surface area contributed by atoms with Crippen molar-refractivity contribution in [2.45, 2.75) is 44.3 Å². The summed E-state index contributed by atoms with van der Waals surface area (Å²) in [5.74, 6) is -0.820. The number of carbonyl (C=O) groups is 1. The lowest BCUT2D eigenvalue weighted by Gasteiger charge is -2.38. The Bertz CT molecular complexity index is 1280. The van der Waals surface area contributed by atoms with Gasteiger partial charge in [-0.2, -0.15) is 0 Å². The van der Waals surface area contributed by atoms with Gasteiger partial charge in [0.2, 0.25) is 0 Å². The standard InChI is InChI=1S/C28H28ClF2NO4/c1-27(2,22-12-18(30)7-10-25(22)35-3)15-28(34,13-21-23(29)5-4-6-24(21)31)16-32-19-8-9-20-17(11-19)14-36-26(20)33/h4-12,32,34H,13-16H2,1-3H3. The van der Waals surface area contributed by atoms with Gasteiger partial charge in [-0.25, -0.2) is 13.6 Å². The highest BCUT2D eigenvalue weighted by molar-refractivity contribution is 6.31. The average Bonchev–Trinajstić information content (AvgIpc) is 3.20. The molecule has 0 fully saturated rings. The second-order valence-electron chi connectivity index (χ2n) is 9.81. The molecule has 0 amide bonds. The molecular formula is C28H28ClF2NO4. The maximum absolute atomic E-state index is 14.7. The molecule has 8 heteroatoms. The molecule has 0 saturated carbocycles. The molecule has 3 aromatic rings. The van der Waals surface area contributed by atoms with Gasteiger partial charge < -0.3 is 19.9 Å². The minimum atomic E-state index is -1.50. The van der Waals surface area contributed by atoms with E-state index >= 15 is 0 Å². The first-order valence-electron chi connectivity index (χ1n) is 11.5. The van der Waals surface area contributed by atoms with E-state index in [9.17, 15) is 18.7 Å². The monoisotopic (exact) mass is 515 g/mol. The van der Waals surface area contributed by atoms with Crippen LogP contribution in [0, 0.1) is 11.6 Å². The van der Waals surface area contributed by atoms with Gasteiger partial charge in [-0.3, -0.25) is 0 Å². The summed E-state index contributed by atoms with van der Waals surface area (Å²) in [5, 5.41) is 15.4. The Hall–Kier alpha value is -3.16. The molecule has 36 heavy (non-hydrogen) atoms. The molecule has 1 heterocycles. The van der Waals surface area contributed by atoms with Gasteiger partial charge in [0.1, 0.15) is 24.0 Å². The van der Waals surface area contributed by atoms with Gasteiger partial charge in [-0.15, -0.1) is 0 Å². The number of cyclic esters (lactones) is 1. The van der Waals surface area contributed by atoms with Crippen molar-refractivity contribution in [3.05, 3.63) is 93.5 Å². The second-order valence-corrected chi connectivity index (χ2v) is 10.2. The van der Waals surface area contributed by atoms with Gasteiger partial charge in [0.05, 0.1) is 18.3 Å². The summed E-state index contributed by atoms with van der Waals surface area (Å²) in [6.45, 7) is 3.96. The first kappa shape index (κ1) is 25.9. The third-order valence-corrected chi connectivity index (χ3v) is 6.89. The molecular weight excluding hydrogens is 488 g/mol. The zero-order valence-corrected chi connectivity index (χ0v) is 21.1. The van der Waals surface area contributed by atoms with Gasteiger partial charge in [0.25, 0.3) is 0 Å². The zero-order valence-electron chi connectivity index (χ0n) is 20.3. The Labute approximate surface area is 214 Å². The number of esters is 1. The molecule has 1 atom stereocenters. The number of fused-ring (bicyclic) bond motifs is 1. The van der Waals surface area contributed by atoms with E-state index in [0.717, 1.165) is 5.56 Å². The molecule has 0 bridgehead atoms. The number of rotatable bonds is 9. The van der Waals surface area contributed by atoms with Gasteiger partial charge >= 0.3 is 5.97 Å². The van der Waals surface area contributed by atoms with Crippen molar-refractivity contribution in [1.29, 1.82) is 0 Å². The number of methoxy groups -OCH3 is 1. The quantitative estimate of drug-likeness (QED) is 0.339. The molecule has 190 valence electrons. The molecule has 0 spiro atoms. The van der Waals surface area contributed by atoms with Crippen LogP contribution in [0.5, 0.6) is 5.75 Å². The minimum absolute atomic E-state index is 0.0340. The zero-order chi connectivity index (χ0) is 26.1. The van der Waals surface area contributed by atoms with Crippen molar-refractivity contribution < 1.29 is 28.2 Å². The Kier molecular flexibility index (Phi) is 7.25. The third-order valence-electron chi connectivity index (χ3n) is 6.53. The number of aliphatic hydroxyl groups is 1. The van der Waals surface area contributed by atoms with Crippen molar-refractivity contribution in [2.24, 2.45) is 0 Å². The van der Waals surface area contributed by atoms with Crippen LogP contribution in [0.15, 0.2) is 54.6 Å². The number of halogens is 3. The van der Waals surface area contributed by atoms with Crippen LogP contribution in [0.25, 0.3) is 0 Å². The average molecular weight is 516 g/mol. The van der Waals surface area contributed by atoms with E-state index in [1.807, 2.05) is 13.8 Å². The minimum Gasteiger partial charge on any atom is -0.496 e.